The van der Waals surface area contributed by atoms with Crippen LogP contribution in [0.25, 0.3) is 21.7 Å². The van der Waals surface area contributed by atoms with E-state index in [9.17, 15) is 4.39 Å². The van der Waals surface area contributed by atoms with E-state index in [-0.39, 0.29) is 5.82 Å². The Balaban J connectivity index is 1.64. The van der Waals surface area contributed by atoms with Gasteiger partial charge >= 0.3 is 0 Å². The summed E-state index contributed by atoms with van der Waals surface area (Å²) in [5.74, 6) is 1.27. The maximum Gasteiger partial charge on any atom is 0.140 e. The topological polar surface area (TPSA) is 31.4 Å². The van der Waals surface area contributed by atoms with Crippen molar-refractivity contribution in [2.75, 3.05) is 13.4 Å². The molecule has 0 radical (unpaired) electrons. The van der Waals surface area contributed by atoms with Gasteiger partial charge in [0, 0.05) is 10.5 Å². The predicted molar refractivity (Wildman–Crippen MR) is 122 cm³/mol. The van der Waals surface area contributed by atoms with Gasteiger partial charge in [0.25, 0.3) is 0 Å². The second-order valence-corrected chi connectivity index (χ2v) is 8.45. The second-order valence-electron chi connectivity index (χ2n) is 6.48. The molecule has 6 heteroatoms. The van der Waals surface area contributed by atoms with Crippen LogP contribution in [0.1, 0.15) is 5.01 Å². The minimum absolute atomic E-state index is 0.261. The molecule has 3 aromatic carbocycles. The van der Waals surface area contributed by atoms with Crippen molar-refractivity contribution in [1.29, 1.82) is 0 Å². The van der Waals surface area contributed by atoms with E-state index in [0.29, 0.717) is 6.61 Å². The highest BCUT2D eigenvalue weighted by Gasteiger charge is 2.16. The van der Waals surface area contributed by atoms with Gasteiger partial charge in [0.05, 0.1) is 17.7 Å². The van der Waals surface area contributed by atoms with E-state index in [1.165, 1.54) is 17.0 Å². The number of ether oxygens (including phenoxy) is 2. The number of rotatable bonds is 7. The Morgan fingerprint density at radius 2 is 1.50 bits per heavy atom. The molecular formula is C24H20FNO2S2. The molecule has 1 aromatic heterocycles. The van der Waals surface area contributed by atoms with Gasteiger partial charge in [0.2, 0.25) is 0 Å². The Bertz CT molecular complexity index is 1110. The van der Waals surface area contributed by atoms with E-state index < -0.39 is 0 Å². The smallest absolute Gasteiger partial charge is 0.140 e. The largest absolute Gasteiger partial charge is 0.497 e. The van der Waals surface area contributed by atoms with Crippen molar-refractivity contribution in [2.45, 2.75) is 11.5 Å². The first-order valence-corrected chi connectivity index (χ1v) is 11.4. The first-order valence-electron chi connectivity index (χ1n) is 9.33. The van der Waals surface area contributed by atoms with Gasteiger partial charge in [-0.3, -0.25) is 0 Å². The number of nitrogens with zero attached hydrogens (tertiary/aromatic N) is 1. The summed E-state index contributed by atoms with van der Waals surface area (Å²) in [5, 5.41) is 0.856. The molecule has 4 rings (SSSR count). The Morgan fingerprint density at radius 3 is 2.13 bits per heavy atom. The van der Waals surface area contributed by atoms with E-state index >= 15 is 0 Å². The molecule has 0 aliphatic heterocycles. The average molecular weight is 438 g/mol. The molecule has 0 saturated carbocycles. The number of benzene rings is 3. The molecule has 152 valence electrons. The van der Waals surface area contributed by atoms with Gasteiger partial charge in [-0.15, -0.1) is 23.1 Å². The predicted octanol–water partition coefficient (Wildman–Crippen LogP) is 6.93. The second kappa shape index (κ2) is 9.32. The Kier molecular flexibility index (Phi) is 6.35. The van der Waals surface area contributed by atoms with Crippen LogP contribution in [-0.2, 0) is 6.61 Å². The van der Waals surface area contributed by atoms with Crippen molar-refractivity contribution in [1.82, 2.24) is 4.98 Å². The molecule has 0 atom stereocenters. The van der Waals surface area contributed by atoms with Crippen molar-refractivity contribution in [2.24, 2.45) is 0 Å². The summed E-state index contributed by atoms with van der Waals surface area (Å²) in [6.45, 7) is 0.355. The number of thioether (sulfide) groups is 1. The van der Waals surface area contributed by atoms with E-state index in [1.807, 2.05) is 24.3 Å². The highest BCUT2D eigenvalue weighted by Crippen LogP contribution is 2.38. The zero-order valence-electron chi connectivity index (χ0n) is 16.6. The molecule has 0 amide bonds. The minimum atomic E-state index is -0.261. The maximum atomic E-state index is 13.4. The van der Waals surface area contributed by atoms with E-state index in [2.05, 4.69) is 30.5 Å². The number of halogens is 1. The molecule has 0 bridgehead atoms. The third kappa shape index (κ3) is 4.66. The summed E-state index contributed by atoms with van der Waals surface area (Å²) >= 11 is 3.30. The molecular weight excluding hydrogens is 417 g/mol. The zero-order valence-corrected chi connectivity index (χ0v) is 18.2. The number of aromatic nitrogens is 1. The molecule has 3 nitrogen and oxygen atoms in total. The molecule has 0 fully saturated rings. The maximum absolute atomic E-state index is 13.4. The molecule has 30 heavy (non-hydrogen) atoms. The van der Waals surface area contributed by atoms with Crippen LogP contribution in [-0.4, -0.2) is 18.3 Å². The van der Waals surface area contributed by atoms with Gasteiger partial charge in [-0.2, -0.15) is 0 Å². The van der Waals surface area contributed by atoms with Crippen molar-refractivity contribution >= 4 is 23.1 Å². The molecule has 4 aromatic rings. The SMILES string of the molecule is COc1ccc(OCc2nc(-c3ccc(F)cc3)c(-c3ccc(SC)cc3)s2)cc1. The van der Waals surface area contributed by atoms with Gasteiger partial charge in [-0.1, -0.05) is 12.1 Å². The van der Waals surface area contributed by atoms with Crippen LogP contribution < -0.4 is 9.47 Å². The molecule has 0 aliphatic carbocycles. The zero-order chi connectivity index (χ0) is 20.9. The van der Waals surface area contributed by atoms with E-state index in [0.717, 1.165) is 38.2 Å². The minimum Gasteiger partial charge on any atom is -0.497 e. The highest BCUT2D eigenvalue weighted by molar-refractivity contribution is 7.98. The summed E-state index contributed by atoms with van der Waals surface area (Å²) in [6.07, 6.45) is 2.06. The quantitative estimate of drug-likeness (QED) is 0.294. The monoisotopic (exact) mass is 437 g/mol. The van der Waals surface area contributed by atoms with Crippen LogP contribution in [0, 0.1) is 5.82 Å². The highest BCUT2D eigenvalue weighted by atomic mass is 32.2. The van der Waals surface area contributed by atoms with Crippen LogP contribution in [0.2, 0.25) is 0 Å². The summed E-state index contributed by atoms with van der Waals surface area (Å²) in [7, 11) is 1.63. The van der Waals surface area contributed by atoms with Crippen molar-refractivity contribution in [3.8, 4) is 33.2 Å². The van der Waals surface area contributed by atoms with Crippen LogP contribution in [0.4, 0.5) is 4.39 Å². The van der Waals surface area contributed by atoms with Crippen LogP contribution in [0.3, 0.4) is 0 Å². The van der Waals surface area contributed by atoms with E-state index in [1.54, 1.807) is 42.3 Å². The fraction of sp³-hybridized carbons (Fsp3) is 0.125. The summed E-state index contributed by atoms with van der Waals surface area (Å²) in [4.78, 5) is 7.07. The van der Waals surface area contributed by atoms with Crippen LogP contribution in [0.5, 0.6) is 11.5 Å². The average Bonchev–Trinajstić information content (AvgIpc) is 3.23. The fourth-order valence-corrected chi connectivity index (χ4v) is 4.40. The Labute approximate surface area is 183 Å². The molecule has 0 N–H and O–H groups in total. The summed E-state index contributed by atoms with van der Waals surface area (Å²) in [6, 6.07) is 22.3. The Hall–Kier alpha value is -2.83. The molecule has 0 spiro atoms. The lowest BCUT2D eigenvalue weighted by molar-refractivity contribution is 0.305. The third-order valence-corrected chi connectivity index (χ3v) is 6.38. The normalized spacial score (nSPS) is 10.8. The van der Waals surface area contributed by atoms with Crippen LogP contribution >= 0.6 is 23.1 Å². The lowest BCUT2D eigenvalue weighted by Crippen LogP contribution is -1.95. The molecule has 1 heterocycles. The van der Waals surface area contributed by atoms with Crippen LogP contribution in [0.15, 0.2) is 77.7 Å². The fourth-order valence-electron chi connectivity index (χ4n) is 2.98. The van der Waals surface area contributed by atoms with E-state index in [4.69, 9.17) is 14.5 Å². The lowest BCUT2D eigenvalue weighted by Gasteiger charge is -2.05. The van der Waals surface area contributed by atoms with Gasteiger partial charge in [-0.25, -0.2) is 9.37 Å². The third-order valence-electron chi connectivity index (χ3n) is 4.56. The lowest BCUT2D eigenvalue weighted by atomic mass is 10.1. The standard InChI is InChI=1S/C24H20FNO2S2/c1-27-19-9-11-20(12-10-19)28-15-22-26-23(16-3-7-18(25)8-4-16)24(30-22)17-5-13-21(29-2)14-6-17/h3-14H,15H2,1-2H3. The van der Waals surface area contributed by atoms with Crippen molar-refractivity contribution in [3.63, 3.8) is 0 Å². The number of thiazole rings is 1. The van der Waals surface area contributed by atoms with Gasteiger partial charge in [-0.05, 0) is 72.5 Å². The van der Waals surface area contributed by atoms with Crippen molar-refractivity contribution in [3.05, 3.63) is 83.6 Å². The summed E-state index contributed by atoms with van der Waals surface area (Å²) < 4.78 is 24.5. The first-order chi connectivity index (χ1) is 14.7. The first kappa shape index (κ1) is 20.4. The molecule has 0 saturated heterocycles. The number of methoxy groups -OCH3 is 1. The number of hydrogen-bond acceptors (Lipinski definition) is 5. The van der Waals surface area contributed by atoms with Gasteiger partial charge in [0.1, 0.15) is 28.9 Å². The Morgan fingerprint density at radius 1 is 0.867 bits per heavy atom. The number of hydrogen-bond donors (Lipinski definition) is 0. The molecule has 0 aliphatic rings. The van der Waals surface area contributed by atoms with Crippen molar-refractivity contribution < 1.29 is 13.9 Å². The summed E-state index contributed by atoms with van der Waals surface area (Å²) in [5.41, 5.74) is 2.80. The van der Waals surface area contributed by atoms with Gasteiger partial charge < -0.3 is 9.47 Å². The van der Waals surface area contributed by atoms with Gasteiger partial charge in [0.15, 0.2) is 0 Å². The molecule has 0 unspecified atom stereocenters.